The molecule has 7 heteroatoms. The third-order valence-corrected chi connectivity index (χ3v) is 2.97. The number of aromatic nitrogens is 2. The van der Waals surface area contributed by atoms with Crippen LogP contribution in [0.15, 0.2) is 28.9 Å². The third kappa shape index (κ3) is 4.85. The molecule has 2 rings (SSSR count). The van der Waals surface area contributed by atoms with E-state index in [4.69, 9.17) is 4.52 Å². The van der Waals surface area contributed by atoms with E-state index in [-0.39, 0.29) is 5.91 Å². The van der Waals surface area contributed by atoms with Gasteiger partial charge in [-0.05, 0) is 46.1 Å². The van der Waals surface area contributed by atoms with Gasteiger partial charge in [-0.15, -0.1) is 0 Å². The van der Waals surface area contributed by atoms with Crippen molar-refractivity contribution >= 4 is 17.4 Å². The van der Waals surface area contributed by atoms with Crippen LogP contribution in [0.25, 0.3) is 0 Å². The van der Waals surface area contributed by atoms with E-state index in [2.05, 4.69) is 25.7 Å². The molecule has 0 aromatic carbocycles. The van der Waals surface area contributed by atoms with Crippen LogP contribution in [0, 0.1) is 6.92 Å². The average Bonchev–Trinajstić information content (AvgIpc) is 2.89. The molecule has 2 N–H and O–H groups in total. The average molecular weight is 303 g/mol. The molecule has 0 spiro atoms. The molecule has 2 aromatic rings. The molecule has 0 aliphatic heterocycles. The molecular weight excluding hydrogens is 282 g/mol. The lowest BCUT2D eigenvalue weighted by Crippen LogP contribution is -2.17. The number of hydrogen-bond donors (Lipinski definition) is 2. The highest BCUT2D eigenvalue weighted by Crippen LogP contribution is 2.11. The van der Waals surface area contributed by atoms with E-state index in [1.807, 2.05) is 20.2 Å². The van der Waals surface area contributed by atoms with Crippen LogP contribution in [-0.2, 0) is 0 Å². The van der Waals surface area contributed by atoms with Crippen molar-refractivity contribution < 1.29 is 9.32 Å². The second-order valence-corrected chi connectivity index (χ2v) is 5.29. The number of carbonyl (C=O) groups excluding carboxylic acids is 1. The van der Waals surface area contributed by atoms with Gasteiger partial charge in [0.25, 0.3) is 5.91 Å². The van der Waals surface area contributed by atoms with E-state index >= 15 is 0 Å². The first kappa shape index (κ1) is 16.0. The summed E-state index contributed by atoms with van der Waals surface area (Å²) in [5.74, 6) is 0.707. The van der Waals surface area contributed by atoms with E-state index in [9.17, 15) is 4.79 Å². The molecule has 118 valence electrons. The zero-order valence-electron chi connectivity index (χ0n) is 13.1. The van der Waals surface area contributed by atoms with E-state index in [0.717, 1.165) is 25.2 Å². The predicted octanol–water partition coefficient (Wildman–Crippen LogP) is 1.99. The highest BCUT2D eigenvalue weighted by Gasteiger charge is 2.10. The summed E-state index contributed by atoms with van der Waals surface area (Å²) in [7, 11) is 4.08. The summed E-state index contributed by atoms with van der Waals surface area (Å²) in [6.45, 7) is 3.61. The van der Waals surface area contributed by atoms with E-state index in [1.54, 1.807) is 25.3 Å². The SMILES string of the molecule is Cc1cc(NC(=O)c2cc(NCCCN(C)C)ccn2)no1. The monoisotopic (exact) mass is 303 g/mol. The Hall–Kier alpha value is -2.41. The Bertz CT molecular complexity index is 624. The first-order valence-corrected chi connectivity index (χ1v) is 7.14. The lowest BCUT2D eigenvalue weighted by Gasteiger charge is -2.11. The molecule has 2 aromatic heterocycles. The van der Waals surface area contributed by atoms with Gasteiger partial charge >= 0.3 is 0 Å². The molecule has 0 saturated heterocycles. The van der Waals surface area contributed by atoms with Crippen LogP contribution in [-0.4, -0.2) is 48.1 Å². The van der Waals surface area contributed by atoms with Crippen LogP contribution in [0.4, 0.5) is 11.5 Å². The molecule has 2 heterocycles. The van der Waals surface area contributed by atoms with Gasteiger partial charge in [0.05, 0.1) is 0 Å². The van der Waals surface area contributed by atoms with E-state index in [0.29, 0.717) is 17.3 Å². The third-order valence-electron chi connectivity index (χ3n) is 2.97. The zero-order chi connectivity index (χ0) is 15.9. The second kappa shape index (κ2) is 7.56. The van der Waals surface area contributed by atoms with Crippen LogP contribution in [0.5, 0.6) is 0 Å². The second-order valence-electron chi connectivity index (χ2n) is 5.29. The lowest BCUT2D eigenvalue weighted by atomic mass is 10.3. The van der Waals surface area contributed by atoms with Crippen molar-refractivity contribution in [3.05, 3.63) is 35.9 Å². The molecule has 7 nitrogen and oxygen atoms in total. The topological polar surface area (TPSA) is 83.3 Å². The zero-order valence-corrected chi connectivity index (χ0v) is 13.1. The molecule has 0 fully saturated rings. The molecule has 0 unspecified atom stereocenters. The Labute approximate surface area is 129 Å². The standard InChI is InChI=1S/C15H21N5O2/c1-11-9-14(19-22-11)18-15(21)13-10-12(5-7-17-13)16-6-4-8-20(2)3/h5,7,9-10H,4,6,8H2,1-3H3,(H,16,17)(H,18,19,21). The molecule has 0 atom stereocenters. The number of pyridine rings is 1. The molecule has 0 saturated carbocycles. The van der Waals surface area contributed by atoms with Crippen LogP contribution in [0.3, 0.4) is 0 Å². The number of hydrogen-bond acceptors (Lipinski definition) is 6. The minimum absolute atomic E-state index is 0.315. The summed E-state index contributed by atoms with van der Waals surface area (Å²) in [4.78, 5) is 18.3. The first-order valence-electron chi connectivity index (χ1n) is 7.14. The summed E-state index contributed by atoms with van der Waals surface area (Å²) in [6.07, 6.45) is 2.63. The predicted molar refractivity (Wildman–Crippen MR) is 85.1 cm³/mol. The van der Waals surface area contributed by atoms with Gasteiger partial charge in [0.1, 0.15) is 11.5 Å². The summed E-state index contributed by atoms with van der Waals surface area (Å²) >= 11 is 0. The Morgan fingerprint density at radius 3 is 2.86 bits per heavy atom. The number of anilines is 2. The summed E-state index contributed by atoms with van der Waals surface area (Å²) in [5, 5.41) is 9.66. The largest absolute Gasteiger partial charge is 0.385 e. The van der Waals surface area contributed by atoms with Crippen molar-refractivity contribution in [2.45, 2.75) is 13.3 Å². The fraction of sp³-hybridized carbons (Fsp3) is 0.400. The lowest BCUT2D eigenvalue weighted by molar-refractivity contribution is 0.102. The van der Waals surface area contributed by atoms with E-state index < -0.39 is 0 Å². The van der Waals surface area contributed by atoms with Crippen molar-refractivity contribution in [1.82, 2.24) is 15.0 Å². The fourth-order valence-electron chi connectivity index (χ4n) is 1.90. The number of amides is 1. The maximum absolute atomic E-state index is 12.1. The van der Waals surface area contributed by atoms with Gasteiger partial charge in [-0.3, -0.25) is 9.78 Å². The van der Waals surface area contributed by atoms with Gasteiger partial charge in [-0.1, -0.05) is 5.16 Å². The van der Waals surface area contributed by atoms with Gasteiger partial charge in [-0.25, -0.2) is 0 Å². The van der Waals surface area contributed by atoms with Crippen LogP contribution in [0.2, 0.25) is 0 Å². The van der Waals surface area contributed by atoms with Crippen molar-refractivity contribution in [2.24, 2.45) is 0 Å². The van der Waals surface area contributed by atoms with Crippen molar-refractivity contribution in [3.63, 3.8) is 0 Å². The van der Waals surface area contributed by atoms with Crippen molar-refractivity contribution in [1.29, 1.82) is 0 Å². The summed E-state index contributed by atoms with van der Waals surface area (Å²) in [6, 6.07) is 5.21. The number of aryl methyl sites for hydroxylation is 1. The quantitative estimate of drug-likeness (QED) is 0.761. The van der Waals surface area contributed by atoms with E-state index in [1.165, 1.54) is 0 Å². The number of nitrogens with zero attached hydrogens (tertiary/aromatic N) is 3. The molecule has 0 radical (unpaired) electrons. The van der Waals surface area contributed by atoms with Gasteiger partial charge in [0.2, 0.25) is 0 Å². The number of rotatable bonds is 7. The summed E-state index contributed by atoms with van der Waals surface area (Å²) < 4.78 is 4.91. The molecule has 0 bridgehead atoms. The van der Waals surface area contributed by atoms with Crippen LogP contribution in [0.1, 0.15) is 22.7 Å². The van der Waals surface area contributed by atoms with Gasteiger partial charge in [-0.2, -0.15) is 0 Å². The normalized spacial score (nSPS) is 10.7. The Kier molecular flexibility index (Phi) is 5.48. The minimum atomic E-state index is -0.315. The summed E-state index contributed by atoms with van der Waals surface area (Å²) in [5.41, 5.74) is 1.20. The van der Waals surface area contributed by atoms with Crippen molar-refractivity contribution in [2.75, 3.05) is 37.8 Å². The number of carbonyl (C=O) groups is 1. The maximum Gasteiger partial charge on any atom is 0.275 e. The van der Waals surface area contributed by atoms with Crippen LogP contribution >= 0.6 is 0 Å². The van der Waals surface area contributed by atoms with Gasteiger partial charge < -0.3 is 20.1 Å². The Morgan fingerprint density at radius 2 is 2.18 bits per heavy atom. The first-order chi connectivity index (χ1) is 10.5. The number of nitrogens with one attached hydrogen (secondary N) is 2. The van der Waals surface area contributed by atoms with Crippen LogP contribution < -0.4 is 10.6 Å². The molecule has 0 aliphatic carbocycles. The molecular formula is C15H21N5O2. The highest BCUT2D eigenvalue weighted by atomic mass is 16.5. The molecule has 22 heavy (non-hydrogen) atoms. The smallest absolute Gasteiger partial charge is 0.275 e. The highest BCUT2D eigenvalue weighted by molar-refractivity contribution is 6.02. The Balaban J connectivity index is 1.91. The van der Waals surface area contributed by atoms with Crippen molar-refractivity contribution in [3.8, 4) is 0 Å². The van der Waals surface area contributed by atoms with Gasteiger partial charge in [0.15, 0.2) is 5.82 Å². The molecule has 0 aliphatic rings. The fourth-order valence-corrected chi connectivity index (χ4v) is 1.90. The maximum atomic E-state index is 12.1. The minimum Gasteiger partial charge on any atom is -0.385 e. The Morgan fingerprint density at radius 1 is 1.36 bits per heavy atom. The van der Waals surface area contributed by atoms with Gasteiger partial charge in [0, 0.05) is 24.5 Å². The molecule has 1 amide bonds.